The van der Waals surface area contributed by atoms with Gasteiger partial charge in [0, 0.05) is 30.6 Å². The monoisotopic (exact) mass is 258 g/mol. The Morgan fingerprint density at radius 2 is 2.26 bits per heavy atom. The summed E-state index contributed by atoms with van der Waals surface area (Å²) in [6.45, 7) is 7.09. The second-order valence-electron chi connectivity index (χ2n) is 5.24. The van der Waals surface area contributed by atoms with Gasteiger partial charge in [-0.3, -0.25) is 4.90 Å². The summed E-state index contributed by atoms with van der Waals surface area (Å²) in [7, 11) is 0. The number of nitrogens with one attached hydrogen (secondary N) is 1. The van der Waals surface area contributed by atoms with E-state index in [1.807, 2.05) is 6.92 Å². The number of carboxylic acids is 1. The van der Waals surface area contributed by atoms with E-state index in [4.69, 9.17) is 0 Å². The second kappa shape index (κ2) is 4.38. The topological polar surface area (TPSA) is 56.3 Å². The third-order valence-electron chi connectivity index (χ3n) is 3.99. The Morgan fingerprint density at radius 1 is 1.47 bits per heavy atom. The van der Waals surface area contributed by atoms with Crippen molar-refractivity contribution in [2.45, 2.75) is 26.8 Å². The Labute approximate surface area is 112 Å². The Morgan fingerprint density at radius 3 is 2.95 bits per heavy atom. The van der Waals surface area contributed by atoms with Gasteiger partial charge in [-0.15, -0.1) is 0 Å². The zero-order valence-electron chi connectivity index (χ0n) is 11.3. The smallest absolute Gasteiger partial charge is 0.337 e. The number of aromatic carboxylic acids is 1. The molecule has 2 heterocycles. The summed E-state index contributed by atoms with van der Waals surface area (Å²) in [6.07, 6.45) is 0.968. The van der Waals surface area contributed by atoms with E-state index in [-0.39, 0.29) is 0 Å². The summed E-state index contributed by atoms with van der Waals surface area (Å²) < 4.78 is 0. The first-order valence-corrected chi connectivity index (χ1v) is 6.70. The summed E-state index contributed by atoms with van der Waals surface area (Å²) in [5, 5.41) is 10.4. The molecule has 0 aliphatic carbocycles. The number of hydrogen-bond donors (Lipinski definition) is 2. The minimum atomic E-state index is -0.861. The minimum absolute atomic E-state index is 0.382. The molecule has 1 aliphatic rings. The van der Waals surface area contributed by atoms with Gasteiger partial charge < -0.3 is 10.1 Å². The van der Waals surface area contributed by atoms with Gasteiger partial charge >= 0.3 is 5.97 Å². The summed E-state index contributed by atoms with van der Waals surface area (Å²) in [6, 6.07) is 3.83. The van der Waals surface area contributed by atoms with Crippen molar-refractivity contribution in [2.75, 3.05) is 13.1 Å². The highest BCUT2D eigenvalue weighted by molar-refractivity contribution is 6.03. The maximum absolute atomic E-state index is 11.4. The molecule has 19 heavy (non-hydrogen) atoms. The maximum Gasteiger partial charge on any atom is 0.337 e. The number of H-pyrrole nitrogens is 1. The molecule has 4 nitrogen and oxygen atoms in total. The van der Waals surface area contributed by atoms with E-state index in [2.05, 4.69) is 22.9 Å². The van der Waals surface area contributed by atoms with Gasteiger partial charge in [0.1, 0.15) is 0 Å². The summed E-state index contributed by atoms with van der Waals surface area (Å²) in [5.74, 6) is -0.861. The van der Waals surface area contributed by atoms with Gasteiger partial charge in [-0.2, -0.15) is 0 Å². The molecule has 0 atom stereocenters. The van der Waals surface area contributed by atoms with Crippen LogP contribution in [0.1, 0.15) is 34.1 Å². The molecule has 1 aliphatic heterocycles. The number of likely N-dealkylation sites (N-methyl/N-ethyl adjacent to an activating group) is 1. The molecular formula is C15H18N2O2. The van der Waals surface area contributed by atoms with E-state index in [0.29, 0.717) is 5.56 Å². The van der Waals surface area contributed by atoms with E-state index in [0.717, 1.165) is 42.5 Å². The third-order valence-corrected chi connectivity index (χ3v) is 3.99. The lowest BCUT2D eigenvalue weighted by atomic mass is 10.0. The normalized spacial score (nSPS) is 15.7. The molecule has 0 bridgehead atoms. The molecule has 100 valence electrons. The van der Waals surface area contributed by atoms with Crippen LogP contribution in [-0.4, -0.2) is 34.0 Å². The number of hydrogen-bond acceptors (Lipinski definition) is 2. The van der Waals surface area contributed by atoms with Crippen molar-refractivity contribution in [3.8, 4) is 0 Å². The highest BCUT2D eigenvalue weighted by atomic mass is 16.4. The van der Waals surface area contributed by atoms with Gasteiger partial charge in [-0.1, -0.05) is 6.92 Å². The van der Waals surface area contributed by atoms with Crippen LogP contribution in [0.25, 0.3) is 10.9 Å². The SMILES string of the molecule is CCN1CCc2[nH]c3c(C(=O)O)cc(C)cc3c2C1. The molecular weight excluding hydrogens is 240 g/mol. The molecule has 4 heteroatoms. The number of aryl methyl sites for hydroxylation is 1. The van der Waals surface area contributed by atoms with E-state index in [1.165, 1.54) is 11.3 Å². The Kier molecular flexibility index (Phi) is 2.82. The van der Waals surface area contributed by atoms with Crippen LogP contribution in [-0.2, 0) is 13.0 Å². The lowest BCUT2D eigenvalue weighted by Gasteiger charge is -2.25. The molecule has 2 aromatic rings. The number of carbonyl (C=O) groups is 1. The predicted molar refractivity (Wildman–Crippen MR) is 74.7 cm³/mol. The lowest BCUT2D eigenvalue weighted by Crippen LogP contribution is -2.29. The average molecular weight is 258 g/mol. The Balaban J connectivity index is 2.24. The first-order valence-electron chi connectivity index (χ1n) is 6.70. The van der Waals surface area contributed by atoms with E-state index in [1.54, 1.807) is 6.07 Å². The molecule has 3 rings (SSSR count). The zero-order chi connectivity index (χ0) is 13.6. The summed E-state index contributed by atoms with van der Waals surface area (Å²) in [5.41, 5.74) is 4.64. The third kappa shape index (κ3) is 1.92. The van der Waals surface area contributed by atoms with E-state index >= 15 is 0 Å². The largest absolute Gasteiger partial charge is 0.478 e. The van der Waals surface area contributed by atoms with Crippen LogP contribution < -0.4 is 0 Å². The number of rotatable bonds is 2. The van der Waals surface area contributed by atoms with Gasteiger partial charge in [-0.25, -0.2) is 4.79 Å². The number of aromatic amines is 1. The quantitative estimate of drug-likeness (QED) is 0.870. The molecule has 0 saturated heterocycles. The van der Waals surface area contributed by atoms with Gasteiger partial charge in [-0.05, 0) is 36.7 Å². The predicted octanol–water partition coefficient (Wildman–Crippen LogP) is 2.55. The van der Waals surface area contributed by atoms with Gasteiger partial charge in [0.2, 0.25) is 0 Å². The van der Waals surface area contributed by atoms with Crippen molar-refractivity contribution in [1.29, 1.82) is 0 Å². The molecule has 0 amide bonds. The molecule has 0 spiro atoms. The Hall–Kier alpha value is -1.81. The van der Waals surface area contributed by atoms with Crippen molar-refractivity contribution in [2.24, 2.45) is 0 Å². The van der Waals surface area contributed by atoms with Crippen molar-refractivity contribution in [1.82, 2.24) is 9.88 Å². The average Bonchev–Trinajstić information content (AvgIpc) is 2.75. The zero-order valence-corrected chi connectivity index (χ0v) is 11.3. The fourth-order valence-electron chi connectivity index (χ4n) is 2.95. The van der Waals surface area contributed by atoms with Crippen molar-refractivity contribution in [3.63, 3.8) is 0 Å². The Bertz CT molecular complexity index is 658. The van der Waals surface area contributed by atoms with Crippen LogP contribution in [0.4, 0.5) is 0 Å². The molecule has 2 N–H and O–H groups in total. The van der Waals surface area contributed by atoms with Crippen LogP contribution in [0.15, 0.2) is 12.1 Å². The number of carboxylic acid groups (broad SMARTS) is 1. The number of aromatic nitrogens is 1. The van der Waals surface area contributed by atoms with E-state index in [9.17, 15) is 9.90 Å². The molecule has 1 aromatic carbocycles. The number of nitrogens with zero attached hydrogens (tertiary/aromatic N) is 1. The highest BCUT2D eigenvalue weighted by Crippen LogP contribution is 2.30. The molecule has 0 saturated carbocycles. The fraction of sp³-hybridized carbons (Fsp3) is 0.400. The van der Waals surface area contributed by atoms with Crippen LogP contribution in [0.3, 0.4) is 0 Å². The number of benzene rings is 1. The second-order valence-corrected chi connectivity index (χ2v) is 5.24. The molecule has 1 aromatic heterocycles. The maximum atomic E-state index is 11.4. The van der Waals surface area contributed by atoms with Crippen molar-refractivity contribution < 1.29 is 9.90 Å². The van der Waals surface area contributed by atoms with Gasteiger partial charge in [0.05, 0.1) is 11.1 Å². The molecule has 0 fully saturated rings. The lowest BCUT2D eigenvalue weighted by molar-refractivity contribution is 0.0698. The molecule has 0 radical (unpaired) electrons. The first-order chi connectivity index (χ1) is 9.10. The highest BCUT2D eigenvalue weighted by Gasteiger charge is 2.22. The van der Waals surface area contributed by atoms with Crippen molar-refractivity contribution >= 4 is 16.9 Å². The van der Waals surface area contributed by atoms with Gasteiger partial charge in [0.25, 0.3) is 0 Å². The first kappa shape index (κ1) is 12.2. The standard InChI is InChI=1S/C15H18N2O2/c1-3-17-5-4-13-12(8-17)10-6-9(2)7-11(15(18)19)14(10)16-13/h6-7,16H,3-5,8H2,1-2H3,(H,18,19). The number of fused-ring (bicyclic) bond motifs is 3. The fourth-order valence-corrected chi connectivity index (χ4v) is 2.95. The van der Waals surface area contributed by atoms with Crippen LogP contribution in [0.5, 0.6) is 0 Å². The summed E-state index contributed by atoms with van der Waals surface area (Å²) in [4.78, 5) is 17.1. The molecule has 0 unspecified atom stereocenters. The van der Waals surface area contributed by atoms with Gasteiger partial charge in [0.15, 0.2) is 0 Å². The van der Waals surface area contributed by atoms with Crippen LogP contribution in [0.2, 0.25) is 0 Å². The van der Waals surface area contributed by atoms with E-state index < -0.39 is 5.97 Å². The minimum Gasteiger partial charge on any atom is -0.478 e. The van der Waals surface area contributed by atoms with Crippen molar-refractivity contribution in [3.05, 3.63) is 34.5 Å². The van der Waals surface area contributed by atoms with Crippen LogP contribution >= 0.6 is 0 Å². The van der Waals surface area contributed by atoms with Crippen LogP contribution in [0, 0.1) is 6.92 Å². The summed E-state index contributed by atoms with van der Waals surface area (Å²) >= 11 is 0.